The van der Waals surface area contributed by atoms with Crippen LogP contribution in [-0.4, -0.2) is 12.9 Å². The predicted molar refractivity (Wildman–Crippen MR) is 82.7 cm³/mol. The molecule has 0 spiro atoms. The average molecular weight is 327 g/mol. The molecule has 0 unspecified atom stereocenters. The summed E-state index contributed by atoms with van der Waals surface area (Å²) in [6.45, 7) is 4.28. The van der Waals surface area contributed by atoms with Crippen LogP contribution in [0.4, 0.5) is 0 Å². The number of ether oxygens (including phenoxy) is 1. The van der Waals surface area contributed by atoms with E-state index < -0.39 is 0 Å². The van der Waals surface area contributed by atoms with Gasteiger partial charge in [0, 0.05) is 12.3 Å². The Morgan fingerprint density at radius 1 is 1.26 bits per heavy atom. The highest BCUT2D eigenvalue weighted by Gasteiger charge is 2.17. The molecule has 0 aliphatic carbocycles. The van der Waals surface area contributed by atoms with E-state index in [1.165, 1.54) is 0 Å². The van der Waals surface area contributed by atoms with Gasteiger partial charge in [-0.2, -0.15) is 0 Å². The van der Waals surface area contributed by atoms with Gasteiger partial charge < -0.3 is 4.74 Å². The number of hydrogen-bond acceptors (Lipinski definition) is 2. The van der Waals surface area contributed by atoms with E-state index in [2.05, 4.69) is 29.8 Å². The van der Waals surface area contributed by atoms with Gasteiger partial charge in [-0.3, -0.25) is 4.79 Å². The maximum absolute atomic E-state index is 12.3. The third-order valence-corrected chi connectivity index (χ3v) is 3.94. The molecule has 0 radical (unpaired) electrons. The van der Waals surface area contributed by atoms with E-state index in [0.29, 0.717) is 12.2 Å². The molecule has 0 aliphatic heterocycles. The minimum Gasteiger partial charge on any atom is -0.496 e. The summed E-state index contributed by atoms with van der Waals surface area (Å²) in [5, 5.41) is 0. The monoisotopic (exact) mass is 326 g/mol. The second-order valence-corrected chi connectivity index (χ2v) is 5.74. The Hall–Kier alpha value is -0.830. The van der Waals surface area contributed by atoms with Crippen molar-refractivity contribution in [2.75, 3.05) is 7.11 Å². The Morgan fingerprint density at radius 2 is 1.89 bits per heavy atom. The minimum absolute atomic E-state index is 0.218. The van der Waals surface area contributed by atoms with Crippen LogP contribution in [0.15, 0.2) is 22.7 Å². The zero-order valence-corrected chi connectivity index (χ0v) is 13.6. The Kier molecular flexibility index (Phi) is 7.14. The molecular weight excluding hydrogens is 304 g/mol. The van der Waals surface area contributed by atoms with Crippen molar-refractivity contribution in [2.45, 2.75) is 46.0 Å². The summed E-state index contributed by atoms with van der Waals surface area (Å²) in [6.07, 6.45) is 4.67. The van der Waals surface area contributed by atoms with E-state index in [9.17, 15) is 4.79 Å². The van der Waals surface area contributed by atoms with E-state index in [1.807, 2.05) is 18.2 Å². The highest BCUT2D eigenvalue weighted by Crippen LogP contribution is 2.26. The number of benzene rings is 1. The molecule has 0 saturated carbocycles. The highest BCUT2D eigenvalue weighted by atomic mass is 79.9. The van der Waals surface area contributed by atoms with E-state index in [4.69, 9.17) is 4.74 Å². The molecular formula is C16H23BrO2. The summed E-state index contributed by atoms with van der Waals surface area (Å²) in [5.74, 6) is 1.38. The molecule has 0 saturated heterocycles. The lowest BCUT2D eigenvalue weighted by Crippen LogP contribution is -2.16. The van der Waals surface area contributed by atoms with Crippen LogP contribution in [0, 0.1) is 5.92 Å². The number of carbonyl (C=O) groups excluding carboxylic acids is 1. The summed E-state index contributed by atoms with van der Waals surface area (Å²) in [4.78, 5) is 12.3. The first-order valence-corrected chi connectivity index (χ1v) is 7.76. The second kappa shape index (κ2) is 8.36. The number of Topliss-reactive ketones (excluding diaryl/α,β-unsaturated/α-hetero) is 1. The van der Waals surface area contributed by atoms with Gasteiger partial charge in [0.05, 0.1) is 11.6 Å². The SMILES string of the molecule is CCCC(CCC)C(=O)Cc1ccc(OC)c(Br)c1. The second-order valence-electron chi connectivity index (χ2n) is 4.89. The molecule has 0 amide bonds. The molecule has 1 aromatic carbocycles. The zero-order valence-electron chi connectivity index (χ0n) is 12.0. The quantitative estimate of drug-likeness (QED) is 0.686. The molecule has 0 aliphatic rings. The van der Waals surface area contributed by atoms with E-state index in [-0.39, 0.29) is 5.92 Å². The summed E-state index contributed by atoms with van der Waals surface area (Å²) in [5.41, 5.74) is 1.05. The van der Waals surface area contributed by atoms with Gasteiger partial charge in [0.25, 0.3) is 0 Å². The molecule has 3 heteroatoms. The van der Waals surface area contributed by atoms with Gasteiger partial charge in [-0.15, -0.1) is 0 Å². The molecule has 0 atom stereocenters. The van der Waals surface area contributed by atoms with Crippen molar-refractivity contribution in [2.24, 2.45) is 5.92 Å². The summed E-state index contributed by atoms with van der Waals surface area (Å²) < 4.78 is 6.10. The first-order valence-electron chi connectivity index (χ1n) is 6.97. The Labute approximate surface area is 124 Å². The van der Waals surface area contributed by atoms with Crippen molar-refractivity contribution >= 4 is 21.7 Å². The molecule has 1 aromatic rings. The minimum atomic E-state index is 0.218. The number of carbonyl (C=O) groups is 1. The molecule has 0 aromatic heterocycles. The van der Waals surface area contributed by atoms with Gasteiger partial charge in [-0.25, -0.2) is 0 Å². The van der Waals surface area contributed by atoms with Crippen molar-refractivity contribution < 1.29 is 9.53 Å². The third kappa shape index (κ3) is 4.98. The van der Waals surface area contributed by atoms with Crippen molar-refractivity contribution in [1.29, 1.82) is 0 Å². The molecule has 0 bridgehead atoms. The van der Waals surface area contributed by atoms with Crippen LogP contribution >= 0.6 is 15.9 Å². The van der Waals surface area contributed by atoms with Crippen LogP contribution in [0.1, 0.15) is 45.1 Å². The Balaban J connectivity index is 2.71. The van der Waals surface area contributed by atoms with E-state index in [1.54, 1.807) is 7.11 Å². The molecule has 0 heterocycles. The fourth-order valence-corrected chi connectivity index (χ4v) is 2.92. The Morgan fingerprint density at radius 3 is 2.37 bits per heavy atom. The van der Waals surface area contributed by atoms with Crippen LogP contribution in [0.5, 0.6) is 5.75 Å². The summed E-state index contributed by atoms with van der Waals surface area (Å²) in [6, 6.07) is 5.85. The largest absolute Gasteiger partial charge is 0.496 e. The number of halogens is 1. The first kappa shape index (κ1) is 16.2. The molecule has 1 rings (SSSR count). The van der Waals surface area contributed by atoms with E-state index in [0.717, 1.165) is 41.5 Å². The normalized spacial score (nSPS) is 10.8. The van der Waals surface area contributed by atoms with Crippen LogP contribution in [-0.2, 0) is 11.2 Å². The number of hydrogen-bond donors (Lipinski definition) is 0. The lowest BCUT2D eigenvalue weighted by molar-refractivity contribution is -0.122. The fourth-order valence-electron chi connectivity index (χ4n) is 2.33. The van der Waals surface area contributed by atoms with Crippen LogP contribution in [0.3, 0.4) is 0 Å². The van der Waals surface area contributed by atoms with Crippen LogP contribution in [0.2, 0.25) is 0 Å². The van der Waals surface area contributed by atoms with Gasteiger partial charge in [0.1, 0.15) is 11.5 Å². The highest BCUT2D eigenvalue weighted by molar-refractivity contribution is 9.10. The lowest BCUT2D eigenvalue weighted by atomic mass is 9.90. The van der Waals surface area contributed by atoms with Gasteiger partial charge in [-0.1, -0.05) is 32.8 Å². The Bertz CT molecular complexity index is 409. The zero-order chi connectivity index (χ0) is 14.3. The van der Waals surface area contributed by atoms with Gasteiger partial charge in [0.2, 0.25) is 0 Å². The van der Waals surface area contributed by atoms with Gasteiger partial charge in [0.15, 0.2) is 0 Å². The van der Waals surface area contributed by atoms with Crippen molar-refractivity contribution in [3.05, 3.63) is 28.2 Å². The molecule has 106 valence electrons. The van der Waals surface area contributed by atoms with Gasteiger partial charge >= 0.3 is 0 Å². The molecule has 0 N–H and O–H groups in total. The number of rotatable bonds is 8. The average Bonchev–Trinajstić information content (AvgIpc) is 2.38. The molecule has 19 heavy (non-hydrogen) atoms. The number of methoxy groups -OCH3 is 1. The topological polar surface area (TPSA) is 26.3 Å². The number of ketones is 1. The predicted octanol–water partition coefficient (Wildman–Crippen LogP) is 4.79. The third-order valence-electron chi connectivity index (χ3n) is 3.32. The smallest absolute Gasteiger partial charge is 0.140 e. The van der Waals surface area contributed by atoms with Crippen LogP contribution < -0.4 is 4.74 Å². The van der Waals surface area contributed by atoms with E-state index >= 15 is 0 Å². The fraction of sp³-hybridized carbons (Fsp3) is 0.562. The maximum Gasteiger partial charge on any atom is 0.140 e. The maximum atomic E-state index is 12.3. The van der Waals surface area contributed by atoms with Crippen LogP contribution in [0.25, 0.3) is 0 Å². The van der Waals surface area contributed by atoms with Gasteiger partial charge in [-0.05, 0) is 46.5 Å². The summed E-state index contributed by atoms with van der Waals surface area (Å²) in [7, 11) is 1.64. The van der Waals surface area contributed by atoms with Crippen molar-refractivity contribution in [3.63, 3.8) is 0 Å². The van der Waals surface area contributed by atoms with Crippen molar-refractivity contribution in [3.8, 4) is 5.75 Å². The lowest BCUT2D eigenvalue weighted by Gasteiger charge is -2.14. The van der Waals surface area contributed by atoms with Crippen molar-refractivity contribution in [1.82, 2.24) is 0 Å². The first-order chi connectivity index (χ1) is 9.12. The molecule has 0 fully saturated rings. The molecule has 2 nitrogen and oxygen atoms in total. The summed E-state index contributed by atoms with van der Waals surface area (Å²) >= 11 is 3.46. The standard InChI is InChI=1S/C16H23BrO2/c1-4-6-13(7-5-2)15(18)11-12-8-9-16(19-3)14(17)10-12/h8-10,13H,4-7,11H2,1-3H3.